The van der Waals surface area contributed by atoms with Crippen LogP contribution in [0.25, 0.3) is 0 Å². The van der Waals surface area contributed by atoms with Crippen LogP contribution in [0, 0.1) is 0 Å². The first-order chi connectivity index (χ1) is 11.6. The number of rotatable bonds is 5. The van der Waals surface area contributed by atoms with E-state index >= 15 is 0 Å². The van der Waals surface area contributed by atoms with Crippen molar-refractivity contribution in [3.63, 3.8) is 0 Å². The Balaban J connectivity index is 1.61. The van der Waals surface area contributed by atoms with Gasteiger partial charge >= 0.3 is 0 Å². The SMILES string of the molecule is CN(CCc1ccccn1)C(=O)c1ccc(N2CCCC2=O)cc1. The molecule has 2 amide bonds. The van der Waals surface area contributed by atoms with Gasteiger partial charge in [0.25, 0.3) is 5.91 Å². The lowest BCUT2D eigenvalue weighted by atomic mass is 10.1. The lowest BCUT2D eigenvalue weighted by Crippen LogP contribution is -2.29. The van der Waals surface area contributed by atoms with Gasteiger partial charge in [0, 0.05) is 56.1 Å². The minimum Gasteiger partial charge on any atom is -0.341 e. The van der Waals surface area contributed by atoms with Crippen molar-refractivity contribution in [3.8, 4) is 0 Å². The van der Waals surface area contributed by atoms with Crippen molar-refractivity contribution in [2.24, 2.45) is 0 Å². The van der Waals surface area contributed by atoms with Crippen LogP contribution < -0.4 is 4.90 Å². The van der Waals surface area contributed by atoms with Crippen molar-refractivity contribution in [3.05, 3.63) is 59.9 Å². The highest BCUT2D eigenvalue weighted by Gasteiger charge is 2.22. The summed E-state index contributed by atoms with van der Waals surface area (Å²) in [5.41, 5.74) is 2.47. The second-order valence-electron chi connectivity index (χ2n) is 5.99. The molecule has 1 aliphatic heterocycles. The summed E-state index contributed by atoms with van der Waals surface area (Å²) in [6.45, 7) is 1.37. The van der Waals surface area contributed by atoms with Crippen LogP contribution in [0.3, 0.4) is 0 Å². The van der Waals surface area contributed by atoms with Crippen molar-refractivity contribution in [1.82, 2.24) is 9.88 Å². The smallest absolute Gasteiger partial charge is 0.253 e. The molecule has 24 heavy (non-hydrogen) atoms. The molecule has 1 fully saturated rings. The number of pyridine rings is 1. The summed E-state index contributed by atoms with van der Waals surface area (Å²) in [7, 11) is 1.79. The third-order valence-electron chi connectivity index (χ3n) is 4.28. The predicted octanol–water partition coefficient (Wildman–Crippen LogP) is 2.52. The maximum absolute atomic E-state index is 12.5. The highest BCUT2D eigenvalue weighted by Crippen LogP contribution is 2.21. The molecule has 1 aromatic carbocycles. The van der Waals surface area contributed by atoms with Crippen LogP contribution in [0.1, 0.15) is 28.9 Å². The van der Waals surface area contributed by atoms with E-state index in [4.69, 9.17) is 0 Å². The molecule has 0 spiro atoms. The van der Waals surface area contributed by atoms with E-state index in [2.05, 4.69) is 4.98 Å². The van der Waals surface area contributed by atoms with Crippen LogP contribution in [0.2, 0.25) is 0 Å². The van der Waals surface area contributed by atoms with Gasteiger partial charge in [-0.2, -0.15) is 0 Å². The molecule has 0 unspecified atom stereocenters. The molecule has 2 aromatic rings. The molecule has 0 atom stereocenters. The van der Waals surface area contributed by atoms with Gasteiger partial charge in [-0.1, -0.05) is 6.07 Å². The number of anilines is 1. The molecule has 0 saturated carbocycles. The molecule has 1 aliphatic rings. The molecule has 0 aliphatic carbocycles. The van der Waals surface area contributed by atoms with E-state index in [-0.39, 0.29) is 11.8 Å². The Morgan fingerprint density at radius 2 is 2.00 bits per heavy atom. The van der Waals surface area contributed by atoms with Crippen molar-refractivity contribution < 1.29 is 9.59 Å². The zero-order valence-electron chi connectivity index (χ0n) is 13.8. The van der Waals surface area contributed by atoms with Gasteiger partial charge in [-0.05, 0) is 42.8 Å². The maximum Gasteiger partial charge on any atom is 0.253 e. The fraction of sp³-hybridized carbons (Fsp3) is 0.316. The molecule has 0 radical (unpaired) electrons. The van der Waals surface area contributed by atoms with Gasteiger partial charge in [-0.25, -0.2) is 0 Å². The average Bonchev–Trinajstić information content (AvgIpc) is 3.06. The van der Waals surface area contributed by atoms with Crippen LogP contribution in [0.15, 0.2) is 48.7 Å². The van der Waals surface area contributed by atoms with E-state index in [1.165, 1.54) is 0 Å². The molecular formula is C19H21N3O2. The van der Waals surface area contributed by atoms with Crippen molar-refractivity contribution >= 4 is 17.5 Å². The van der Waals surface area contributed by atoms with Crippen LogP contribution in [-0.4, -0.2) is 41.8 Å². The third-order valence-corrected chi connectivity index (χ3v) is 4.28. The second-order valence-corrected chi connectivity index (χ2v) is 5.99. The molecule has 124 valence electrons. The quantitative estimate of drug-likeness (QED) is 0.849. The van der Waals surface area contributed by atoms with Crippen molar-refractivity contribution in [2.75, 3.05) is 25.0 Å². The van der Waals surface area contributed by atoms with Crippen LogP contribution >= 0.6 is 0 Å². The number of carbonyl (C=O) groups excluding carboxylic acids is 2. The van der Waals surface area contributed by atoms with E-state index in [1.807, 2.05) is 30.3 Å². The van der Waals surface area contributed by atoms with E-state index in [0.717, 1.165) is 30.8 Å². The fourth-order valence-electron chi connectivity index (χ4n) is 2.86. The first-order valence-electron chi connectivity index (χ1n) is 8.21. The minimum atomic E-state index is -0.0229. The van der Waals surface area contributed by atoms with Gasteiger partial charge in [0.05, 0.1) is 0 Å². The minimum absolute atomic E-state index is 0.0229. The summed E-state index contributed by atoms with van der Waals surface area (Å²) in [4.78, 5) is 32.0. The van der Waals surface area contributed by atoms with Gasteiger partial charge in [0.2, 0.25) is 5.91 Å². The largest absolute Gasteiger partial charge is 0.341 e. The maximum atomic E-state index is 12.5. The standard InChI is InChI=1S/C19H21N3O2/c1-21(14-11-16-5-2-3-12-20-16)19(24)15-7-9-17(10-8-15)22-13-4-6-18(22)23/h2-3,5,7-10,12H,4,6,11,13-14H2,1H3. The van der Waals surface area contributed by atoms with Gasteiger partial charge in [0.1, 0.15) is 0 Å². The summed E-state index contributed by atoms with van der Waals surface area (Å²) in [6.07, 6.45) is 3.99. The summed E-state index contributed by atoms with van der Waals surface area (Å²) in [5, 5.41) is 0. The van der Waals surface area contributed by atoms with Crippen LogP contribution in [0.4, 0.5) is 5.69 Å². The summed E-state index contributed by atoms with van der Waals surface area (Å²) < 4.78 is 0. The highest BCUT2D eigenvalue weighted by molar-refractivity contribution is 5.97. The summed E-state index contributed by atoms with van der Waals surface area (Å²) in [5.74, 6) is 0.131. The normalized spacial score (nSPS) is 14.0. The van der Waals surface area contributed by atoms with Crippen LogP contribution in [-0.2, 0) is 11.2 Å². The van der Waals surface area contributed by atoms with Gasteiger partial charge in [-0.3, -0.25) is 14.6 Å². The number of amides is 2. The second kappa shape index (κ2) is 7.25. The average molecular weight is 323 g/mol. The number of nitrogens with zero attached hydrogens (tertiary/aromatic N) is 3. The Morgan fingerprint density at radius 3 is 2.62 bits per heavy atom. The van der Waals surface area contributed by atoms with E-state index in [0.29, 0.717) is 18.5 Å². The Bertz CT molecular complexity index is 713. The molecule has 0 bridgehead atoms. The van der Waals surface area contributed by atoms with Crippen LogP contribution in [0.5, 0.6) is 0 Å². The zero-order valence-corrected chi connectivity index (χ0v) is 13.8. The number of likely N-dealkylation sites (N-methyl/N-ethyl adjacent to an activating group) is 1. The molecule has 2 heterocycles. The van der Waals surface area contributed by atoms with Gasteiger partial charge in [0.15, 0.2) is 0 Å². The zero-order chi connectivity index (χ0) is 16.9. The number of hydrogen-bond acceptors (Lipinski definition) is 3. The van der Waals surface area contributed by atoms with Crippen molar-refractivity contribution in [1.29, 1.82) is 0 Å². The van der Waals surface area contributed by atoms with Gasteiger partial charge < -0.3 is 9.80 Å². The predicted molar refractivity (Wildman–Crippen MR) is 92.9 cm³/mol. The van der Waals surface area contributed by atoms with E-state index in [1.54, 1.807) is 35.2 Å². The summed E-state index contributed by atoms with van der Waals surface area (Å²) >= 11 is 0. The highest BCUT2D eigenvalue weighted by atomic mass is 16.2. The summed E-state index contributed by atoms with van der Waals surface area (Å²) in [6, 6.07) is 13.1. The van der Waals surface area contributed by atoms with Crippen molar-refractivity contribution in [2.45, 2.75) is 19.3 Å². The number of benzene rings is 1. The lowest BCUT2D eigenvalue weighted by Gasteiger charge is -2.19. The fourth-order valence-corrected chi connectivity index (χ4v) is 2.86. The van der Waals surface area contributed by atoms with E-state index < -0.39 is 0 Å². The number of carbonyl (C=O) groups is 2. The molecule has 5 heteroatoms. The number of hydrogen-bond donors (Lipinski definition) is 0. The Hall–Kier alpha value is -2.69. The Kier molecular flexibility index (Phi) is 4.89. The molecule has 5 nitrogen and oxygen atoms in total. The molecule has 0 N–H and O–H groups in total. The van der Waals surface area contributed by atoms with E-state index in [9.17, 15) is 9.59 Å². The van der Waals surface area contributed by atoms with Gasteiger partial charge in [-0.15, -0.1) is 0 Å². The topological polar surface area (TPSA) is 53.5 Å². The third kappa shape index (κ3) is 3.62. The molecule has 1 saturated heterocycles. The Labute approximate surface area is 141 Å². The first kappa shape index (κ1) is 16.2. The monoisotopic (exact) mass is 323 g/mol. The Morgan fingerprint density at radius 1 is 1.21 bits per heavy atom. The first-order valence-corrected chi connectivity index (χ1v) is 8.21. The molecular weight excluding hydrogens is 302 g/mol. The lowest BCUT2D eigenvalue weighted by molar-refractivity contribution is -0.117. The number of aromatic nitrogens is 1. The molecule has 1 aromatic heterocycles. The molecule has 3 rings (SSSR count).